The summed E-state index contributed by atoms with van der Waals surface area (Å²) >= 11 is 0. The standard InChI is InChI=1S/C49H31N3O/c1-49(2)40-20-10-7-17-33(40)34-24-23-28(25-41(34)49)45-47-46(36-19-9-12-22-44(36)53-47)51-48(50-45)52-42-21-11-8-18-35(42)39-26-37-31-15-5-3-13-29(31)30-14-4-6-16-32(30)38(37)27-43(39)52/h3-27H,1-2H3. The second-order valence-corrected chi connectivity index (χ2v) is 14.9. The number of aromatic nitrogens is 3. The summed E-state index contributed by atoms with van der Waals surface area (Å²) in [6, 6.07) is 54.6. The molecule has 248 valence electrons. The summed E-state index contributed by atoms with van der Waals surface area (Å²) in [5.41, 5.74) is 11.3. The summed E-state index contributed by atoms with van der Waals surface area (Å²) in [6.07, 6.45) is 0. The van der Waals surface area contributed by atoms with Gasteiger partial charge in [-0.2, -0.15) is 0 Å². The van der Waals surface area contributed by atoms with Crippen molar-refractivity contribution < 1.29 is 4.42 Å². The number of furan rings is 1. The predicted molar refractivity (Wildman–Crippen MR) is 219 cm³/mol. The minimum atomic E-state index is -0.147. The third-order valence-electron chi connectivity index (χ3n) is 11.8. The zero-order valence-corrected chi connectivity index (χ0v) is 29.2. The molecule has 12 rings (SSSR count). The molecule has 0 saturated carbocycles. The molecule has 1 aliphatic carbocycles. The van der Waals surface area contributed by atoms with Crippen molar-refractivity contribution in [2.75, 3.05) is 0 Å². The van der Waals surface area contributed by atoms with E-state index in [4.69, 9.17) is 14.4 Å². The lowest BCUT2D eigenvalue weighted by atomic mass is 9.82. The Kier molecular flexibility index (Phi) is 5.54. The van der Waals surface area contributed by atoms with Crippen LogP contribution in [0.25, 0.3) is 105 Å². The van der Waals surface area contributed by atoms with E-state index in [2.05, 4.69) is 158 Å². The summed E-state index contributed by atoms with van der Waals surface area (Å²) in [6.45, 7) is 4.64. The van der Waals surface area contributed by atoms with Crippen molar-refractivity contribution in [3.05, 3.63) is 163 Å². The molecule has 0 bridgehead atoms. The molecule has 0 fully saturated rings. The zero-order chi connectivity index (χ0) is 35.0. The molecule has 4 nitrogen and oxygen atoms in total. The number of nitrogens with zero attached hydrogens (tertiary/aromatic N) is 3. The highest BCUT2D eigenvalue weighted by atomic mass is 16.3. The van der Waals surface area contributed by atoms with Crippen molar-refractivity contribution in [1.82, 2.24) is 14.5 Å². The van der Waals surface area contributed by atoms with Gasteiger partial charge in [0.05, 0.1) is 11.0 Å². The SMILES string of the molecule is CC1(C)c2ccccc2-c2ccc(-c3nc(-n4c5ccccc5c5cc6c7ccccc7c7ccccc7c6cc54)nc4c3oc3ccccc34)cc21. The van der Waals surface area contributed by atoms with Gasteiger partial charge in [-0.1, -0.05) is 129 Å². The van der Waals surface area contributed by atoms with Crippen molar-refractivity contribution in [3.8, 4) is 28.3 Å². The molecule has 0 aliphatic heterocycles. The average Bonchev–Trinajstić information content (AvgIpc) is 3.82. The Morgan fingerprint density at radius 1 is 0.472 bits per heavy atom. The molecule has 0 spiro atoms. The molecule has 0 unspecified atom stereocenters. The van der Waals surface area contributed by atoms with Gasteiger partial charge in [-0.15, -0.1) is 0 Å². The fourth-order valence-corrected chi connectivity index (χ4v) is 9.31. The number of rotatable bonds is 2. The molecule has 0 N–H and O–H groups in total. The smallest absolute Gasteiger partial charge is 0.236 e. The quantitative estimate of drug-likeness (QED) is 0.171. The Bertz CT molecular complexity index is 3380. The molecule has 1 aliphatic rings. The van der Waals surface area contributed by atoms with Crippen LogP contribution < -0.4 is 0 Å². The third kappa shape index (κ3) is 3.79. The van der Waals surface area contributed by atoms with Gasteiger partial charge in [0, 0.05) is 27.1 Å². The highest BCUT2D eigenvalue weighted by molar-refractivity contribution is 6.28. The Morgan fingerprint density at radius 3 is 1.85 bits per heavy atom. The van der Waals surface area contributed by atoms with Crippen LogP contribution in [0.3, 0.4) is 0 Å². The van der Waals surface area contributed by atoms with Crippen LogP contribution in [0.5, 0.6) is 0 Å². The summed E-state index contributed by atoms with van der Waals surface area (Å²) < 4.78 is 8.89. The largest absolute Gasteiger partial charge is 0.452 e. The molecule has 0 saturated heterocycles. The fourth-order valence-electron chi connectivity index (χ4n) is 9.31. The van der Waals surface area contributed by atoms with Gasteiger partial charge in [-0.25, -0.2) is 9.97 Å². The van der Waals surface area contributed by atoms with Gasteiger partial charge >= 0.3 is 0 Å². The van der Waals surface area contributed by atoms with Crippen LogP contribution in [0, 0.1) is 0 Å². The van der Waals surface area contributed by atoms with Crippen LogP contribution in [0.2, 0.25) is 0 Å². The van der Waals surface area contributed by atoms with Crippen LogP contribution in [-0.2, 0) is 5.41 Å². The summed E-state index contributed by atoms with van der Waals surface area (Å²) in [7, 11) is 0. The van der Waals surface area contributed by atoms with E-state index >= 15 is 0 Å². The molecule has 0 amide bonds. The number of hydrogen-bond donors (Lipinski definition) is 0. The van der Waals surface area contributed by atoms with E-state index in [9.17, 15) is 0 Å². The monoisotopic (exact) mass is 677 g/mol. The maximum atomic E-state index is 6.63. The van der Waals surface area contributed by atoms with E-state index in [0.717, 1.165) is 38.8 Å². The predicted octanol–water partition coefficient (Wildman–Crippen LogP) is 12.9. The molecule has 0 atom stereocenters. The fraction of sp³-hybridized carbons (Fsp3) is 0.0612. The van der Waals surface area contributed by atoms with Gasteiger partial charge in [0.2, 0.25) is 5.95 Å². The van der Waals surface area contributed by atoms with E-state index in [1.165, 1.54) is 65.3 Å². The second kappa shape index (κ2) is 10.2. The topological polar surface area (TPSA) is 43.9 Å². The Labute approximate surface area is 304 Å². The molecule has 0 radical (unpaired) electrons. The zero-order valence-electron chi connectivity index (χ0n) is 29.2. The van der Waals surface area contributed by atoms with Gasteiger partial charge in [0.25, 0.3) is 0 Å². The summed E-state index contributed by atoms with van der Waals surface area (Å²) in [5.74, 6) is 0.623. The molecule has 11 aromatic rings. The normalized spacial score (nSPS) is 13.6. The highest BCUT2D eigenvalue weighted by Crippen LogP contribution is 2.50. The number of para-hydroxylation sites is 2. The van der Waals surface area contributed by atoms with Crippen LogP contribution in [0.4, 0.5) is 0 Å². The first-order chi connectivity index (χ1) is 26.0. The lowest BCUT2D eigenvalue weighted by Gasteiger charge is -2.22. The molecule has 3 aromatic heterocycles. The Morgan fingerprint density at radius 2 is 1.08 bits per heavy atom. The number of fused-ring (bicyclic) bond motifs is 15. The van der Waals surface area contributed by atoms with Gasteiger partial charge in [0.15, 0.2) is 5.58 Å². The van der Waals surface area contributed by atoms with Crippen LogP contribution >= 0.6 is 0 Å². The average molecular weight is 678 g/mol. The van der Waals surface area contributed by atoms with Crippen molar-refractivity contribution in [3.63, 3.8) is 0 Å². The first kappa shape index (κ1) is 28.9. The van der Waals surface area contributed by atoms with Crippen LogP contribution in [-0.4, -0.2) is 14.5 Å². The Balaban J connectivity index is 1.20. The molecule has 4 heteroatoms. The number of hydrogen-bond acceptors (Lipinski definition) is 3. The van der Waals surface area contributed by atoms with E-state index < -0.39 is 0 Å². The lowest BCUT2D eigenvalue weighted by Crippen LogP contribution is -2.15. The first-order valence-electron chi connectivity index (χ1n) is 18.3. The molecule has 3 heterocycles. The lowest BCUT2D eigenvalue weighted by molar-refractivity contribution is 0.659. The minimum absolute atomic E-state index is 0.147. The van der Waals surface area contributed by atoms with Crippen molar-refractivity contribution >= 4 is 76.2 Å². The highest BCUT2D eigenvalue weighted by Gasteiger charge is 2.35. The maximum absolute atomic E-state index is 6.63. The molecule has 8 aromatic carbocycles. The second-order valence-electron chi connectivity index (χ2n) is 14.9. The molecular formula is C49H31N3O. The van der Waals surface area contributed by atoms with E-state index in [-0.39, 0.29) is 5.41 Å². The van der Waals surface area contributed by atoms with Crippen molar-refractivity contribution in [2.45, 2.75) is 19.3 Å². The van der Waals surface area contributed by atoms with Gasteiger partial charge in [-0.05, 0) is 91.0 Å². The van der Waals surface area contributed by atoms with Crippen molar-refractivity contribution in [2.24, 2.45) is 0 Å². The van der Waals surface area contributed by atoms with E-state index in [1.54, 1.807) is 0 Å². The van der Waals surface area contributed by atoms with E-state index in [1.807, 2.05) is 12.1 Å². The molecule has 53 heavy (non-hydrogen) atoms. The Hall–Kier alpha value is -6.78. The van der Waals surface area contributed by atoms with Crippen molar-refractivity contribution in [1.29, 1.82) is 0 Å². The van der Waals surface area contributed by atoms with Crippen LogP contribution in [0.15, 0.2) is 156 Å². The van der Waals surface area contributed by atoms with Gasteiger partial charge < -0.3 is 4.42 Å². The van der Waals surface area contributed by atoms with E-state index in [0.29, 0.717) is 11.5 Å². The maximum Gasteiger partial charge on any atom is 0.236 e. The minimum Gasteiger partial charge on any atom is -0.452 e. The summed E-state index contributed by atoms with van der Waals surface area (Å²) in [5, 5.41) is 10.8. The van der Waals surface area contributed by atoms with Crippen LogP contribution in [0.1, 0.15) is 25.0 Å². The summed E-state index contributed by atoms with van der Waals surface area (Å²) in [4.78, 5) is 10.9. The third-order valence-corrected chi connectivity index (χ3v) is 11.8. The first-order valence-corrected chi connectivity index (χ1v) is 18.3. The van der Waals surface area contributed by atoms with Gasteiger partial charge in [-0.3, -0.25) is 4.57 Å². The molecular weight excluding hydrogens is 647 g/mol. The number of benzene rings is 8. The van der Waals surface area contributed by atoms with Gasteiger partial charge in [0.1, 0.15) is 16.8 Å².